The maximum atomic E-state index is 13.3. The van der Waals surface area contributed by atoms with E-state index in [-0.39, 0.29) is 22.1 Å². The molecule has 0 fully saturated rings. The van der Waals surface area contributed by atoms with Crippen LogP contribution in [0.2, 0.25) is 5.02 Å². The second kappa shape index (κ2) is 7.53. The van der Waals surface area contributed by atoms with Gasteiger partial charge < -0.3 is 9.52 Å². The fraction of sp³-hybridized carbons (Fsp3) is 0.0435. The molecule has 2 heterocycles. The molecule has 0 radical (unpaired) electrons. The Hall–Kier alpha value is -3.44. The summed E-state index contributed by atoms with van der Waals surface area (Å²) in [5.74, 6) is -0.284. The van der Waals surface area contributed by atoms with Crippen molar-refractivity contribution in [2.45, 2.75) is 6.92 Å². The molecule has 2 aromatic heterocycles. The maximum absolute atomic E-state index is 13.3. The number of halogens is 2. The summed E-state index contributed by atoms with van der Waals surface area (Å²) in [6.45, 7) is 1.68. The molecule has 29 heavy (non-hydrogen) atoms. The first-order valence-electron chi connectivity index (χ1n) is 8.78. The lowest BCUT2D eigenvalue weighted by Crippen LogP contribution is -2.06. The fourth-order valence-electron chi connectivity index (χ4n) is 3.18. The lowest BCUT2D eigenvalue weighted by molar-refractivity contribution is 0.450. The molecule has 4 nitrogen and oxygen atoms in total. The Morgan fingerprint density at radius 2 is 1.76 bits per heavy atom. The first-order chi connectivity index (χ1) is 14.0. The number of benzene rings is 2. The summed E-state index contributed by atoms with van der Waals surface area (Å²) in [4.78, 5) is 16.6. The molecule has 0 atom stereocenters. The number of pyridine rings is 1. The summed E-state index contributed by atoms with van der Waals surface area (Å²) >= 11 is 6.12. The van der Waals surface area contributed by atoms with E-state index in [0.29, 0.717) is 22.3 Å². The molecule has 0 amide bonds. The zero-order chi connectivity index (χ0) is 20.5. The van der Waals surface area contributed by atoms with Gasteiger partial charge >= 0.3 is 5.63 Å². The Morgan fingerprint density at radius 3 is 2.41 bits per heavy atom. The molecule has 0 aliphatic heterocycles. The number of aromatic nitrogens is 1. The van der Waals surface area contributed by atoms with Crippen LogP contribution in [0.4, 0.5) is 4.39 Å². The first-order valence-corrected chi connectivity index (χ1v) is 9.16. The predicted octanol–water partition coefficient (Wildman–Crippen LogP) is 5.84. The van der Waals surface area contributed by atoms with E-state index >= 15 is 0 Å². The third-order valence-corrected chi connectivity index (χ3v) is 4.98. The number of aromatic hydroxyl groups is 1. The number of rotatable bonds is 3. The topological polar surface area (TPSA) is 63.3 Å². The minimum absolute atomic E-state index is 0.0758. The summed E-state index contributed by atoms with van der Waals surface area (Å²) in [6.07, 6.45) is 3.17. The van der Waals surface area contributed by atoms with E-state index in [1.807, 2.05) is 0 Å². The molecule has 0 aliphatic rings. The van der Waals surface area contributed by atoms with Crippen LogP contribution in [0, 0.1) is 12.7 Å². The van der Waals surface area contributed by atoms with Crippen molar-refractivity contribution in [3.63, 3.8) is 0 Å². The predicted molar refractivity (Wildman–Crippen MR) is 110 cm³/mol. The van der Waals surface area contributed by atoms with Crippen molar-refractivity contribution < 1.29 is 13.9 Å². The molecule has 0 unspecified atom stereocenters. The van der Waals surface area contributed by atoms with Gasteiger partial charge in [-0.1, -0.05) is 35.9 Å². The third-order valence-electron chi connectivity index (χ3n) is 4.67. The van der Waals surface area contributed by atoms with Crippen LogP contribution in [-0.4, -0.2) is 10.1 Å². The highest BCUT2D eigenvalue weighted by Crippen LogP contribution is 2.36. The van der Waals surface area contributed by atoms with Crippen molar-refractivity contribution >= 4 is 11.6 Å². The highest BCUT2D eigenvalue weighted by Gasteiger charge is 2.19. The average molecular weight is 408 g/mol. The second-order valence-corrected chi connectivity index (χ2v) is 6.92. The van der Waals surface area contributed by atoms with Crippen LogP contribution in [-0.2, 0) is 0 Å². The van der Waals surface area contributed by atoms with Gasteiger partial charge in [0, 0.05) is 29.1 Å². The molecule has 0 bridgehead atoms. The molecule has 0 saturated carbocycles. The van der Waals surface area contributed by atoms with Gasteiger partial charge in [-0.2, -0.15) is 0 Å². The molecular formula is C23H15ClFNO3. The van der Waals surface area contributed by atoms with E-state index in [9.17, 15) is 14.3 Å². The first kappa shape index (κ1) is 18.9. The SMILES string of the molecule is Cc1c(-c2cccnc2)oc(=O)c(-c2ccc(-c3ccc(F)cc3Cl)cc2)c1O. The smallest absolute Gasteiger partial charge is 0.347 e. The molecule has 6 heteroatoms. The van der Waals surface area contributed by atoms with Crippen LogP contribution in [0.1, 0.15) is 5.56 Å². The molecule has 2 aromatic carbocycles. The van der Waals surface area contributed by atoms with Crippen molar-refractivity contribution in [2.24, 2.45) is 0 Å². The van der Waals surface area contributed by atoms with Gasteiger partial charge in [0.05, 0.1) is 5.02 Å². The van der Waals surface area contributed by atoms with Gasteiger partial charge in [0.2, 0.25) is 0 Å². The zero-order valence-electron chi connectivity index (χ0n) is 15.3. The van der Waals surface area contributed by atoms with E-state index in [2.05, 4.69) is 4.98 Å². The monoisotopic (exact) mass is 407 g/mol. The Kier molecular flexibility index (Phi) is 4.91. The van der Waals surface area contributed by atoms with Crippen LogP contribution in [0.25, 0.3) is 33.6 Å². The second-order valence-electron chi connectivity index (χ2n) is 6.51. The van der Waals surface area contributed by atoms with Crippen LogP contribution in [0.5, 0.6) is 5.75 Å². The number of nitrogens with zero attached hydrogens (tertiary/aromatic N) is 1. The van der Waals surface area contributed by atoms with Gasteiger partial charge in [-0.15, -0.1) is 0 Å². The Bertz CT molecular complexity index is 1250. The normalized spacial score (nSPS) is 10.9. The number of hydrogen-bond acceptors (Lipinski definition) is 4. The number of hydrogen-bond donors (Lipinski definition) is 1. The Balaban J connectivity index is 1.77. The van der Waals surface area contributed by atoms with E-state index in [4.69, 9.17) is 16.0 Å². The summed E-state index contributed by atoms with van der Waals surface area (Å²) in [7, 11) is 0. The van der Waals surface area contributed by atoms with Crippen LogP contribution in [0.15, 0.2) is 76.2 Å². The fourth-order valence-corrected chi connectivity index (χ4v) is 3.46. The molecule has 144 valence electrons. The molecule has 1 N–H and O–H groups in total. The maximum Gasteiger partial charge on any atom is 0.347 e. The van der Waals surface area contributed by atoms with Gasteiger partial charge in [0.1, 0.15) is 22.9 Å². The van der Waals surface area contributed by atoms with Gasteiger partial charge in [0.15, 0.2) is 0 Å². The minimum Gasteiger partial charge on any atom is -0.507 e. The van der Waals surface area contributed by atoms with Crippen LogP contribution >= 0.6 is 11.6 Å². The van der Waals surface area contributed by atoms with Crippen molar-refractivity contribution in [3.8, 4) is 39.3 Å². The zero-order valence-corrected chi connectivity index (χ0v) is 16.1. The standard InChI is InChI=1S/C23H15ClFNO3/c1-13-21(27)20(23(28)29-22(13)16-3-2-10-26-12-16)15-6-4-14(5-7-15)18-9-8-17(25)11-19(18)24/h2-12,27H,1H3. The molecular weight excluding hydrogens is 393 g/mol. The van der Waals surface area contributed by atoms with Gasteiger partial charge in [0.25, 0.3) is 0 Å². The average Bonchev–Trinajstić information content (AvgIpc) is 2.72. The molecule has 0 saturated heterocycles. The van der Waals surface area contributed by atoms with Crippen LogP contribution < -0.4 is 5.63 Å². The summed E-state index contributed by atoms with van der Waals surface area (Å²) in [5.41, 5.74) is 2.39. The van der Waals surface area contributed by atoms with Crippen molar-refractivity contribution in [3.05, 3.63) is 93.8 Å². The van der Waals surface area contributed by atoms with Crippen LogP contribution in [0.3, 0.4) is 0 Å². The van der Waals surface area contributed by atoms with Gasteiger partial charge in [-0.3, -0.25) is 4.98 Å². The highest BCUT2D eigenvalue weighted by molar-refractivity contribution is 6.33. The van der Waals surface area contributed by atoms with Crippen molar-refractivity contribution in [1.29, 1.82) is 0 Å². The van der Waals surface area contributed by atoms with Crippen molar-refractivity contribution in [2.75, 3.05) is 0 Å². The van der Waals surface area contributed by atoms with E-state index < -0.39 is 11.4 Å². The quantitative estimate of drug-likeness (QED) is 0.463. The molecule has 4 rings (SSSR count). The summed E-state index contributed by atoms with van der Waals surface area (Å²) in [6, 6.07) is 14.5. The molecule has 0 spiro atoms. The van der Waals surface area contributed by atoms with E-state index in [1.165, 1.54) is 12.1 Å². The van der Waals surface area contributed by atoms with Gasteiger partial charge in [-0.05, 0) is 48.4 Å². The highest BCUT2D eigenvalue weighted by atomic mass is 35.5. The van der Waals surface area contributed by atoms with Gasteiger partial charge in [-0.25, -0.2) is 9.18 Å². The lowest BCUT2D eigenvalue weighted by atomic mass is 9.99. The van der Waals surface area contributed by atoms with E-state index in [0.717, 1.165) is 5.56 Å². The Morgan fingerprint density at radius 1 is 1.03 bits per heavy atom. The van der Waals surface area contributed by atoms with E-state index in [1.54, 1.807) is 61.8 Å². The Labute approximate surface area is 170 Å². The molecule has 0 aliphatic carbocycles. The van der Waals surface area contributed by atoms with Crippen molar-refractivity contribution in [1.82, 2.24) is 4.98 Å². The lowest BCUT2D eigenvalue weighted by Gasteiger charge is -2.11. The summed E-state index contributed by atoms with van der Waals surface area (Å²) < 4.78 is 18.8. The minimum atomic E-state index is -0.653. The summed E-state index contributed by atoms with van der Waals surface area (Å²) in [5, 5.41) is 11.0. The largest absolute Gasteiger partial charge is 0.507 e. The third kappa shape index (κ3) is 3.52. The molecule has 4 aromatic rings.